The average molecular weight is 501 g/mol. The number of carbonyl (C=O) groups is 2. The second kappa shape index (κ2) is 12.1. The number of hydrogen-bond acceptors (Lipinski definition) is 11. The summed E-state index contributed by atoms with van der Waals surface area (Å²) >= 11 is 0. The Morgan fingerprint density at radius 2 is 1.69 bits per heavy atom. The summed E-state index contributed by atoms with van der Waals surface area (Å²) < 4.78 is 16.6. The Labute approximate surface area is 209 Å². The third-order valence-electron chi connectivity index (χ3n) is 6.11. The fourth-order valence-corrected chi connectivity index (χ4v) is 3.81. The first-order chi connectivity index (χ1) is 17.4. The van der Waals surface area contributed by atoms with E-state index in [1.165, 1.54) is 6.07 Å². The molecule has 0 aliphatic carbocycles. The van der Waals surface area contributed by atoms with Gasteiger partial charge in [0, 0.05) is 44.4 Å². The number of ether oxygens (including phenoxy) is 3. The quantitative estimate of drug-likeness (QED) is 0.328. The lowest BCUT2D eigenvalue weighted by Gasteiger charge is -2.28. The van der Waals surface area contributed by atoms with Crippen molar-refractivity contribution in [2.45, 2.75) is 13.8 Å². The maximum absolute atomic E-state index is 12.9. The Kier molecular flexibility index (Phi) is 8.65. The van der Waals surface area contributed by atoms with Gasteiger partial charge < -0.3 is 23.9 Å². The Bertz CT molecular complexity index is 1070. The van der Waals surface area contributed by atoms with Gasteiger partial charge in [-0.15, -0.1) is 0 Å². The standard InChI is InChI=1S/C24H32N6O6/c1-17-3-4-19(15-18(17)2)22(31)30(25)36-23(32)20-16-21(29-8-12-34-13-9-29)27-24(26-20)35-14-7-28-5-10-33-11-6-28/h3-4,15-16H,5-14,25H2,1-2H3. The number of nitrogens with two attached hydrogens (primary N) is 1. The molecule has 12 heteroatoms. The molecule has 0 spiro atoms. The third-order valence-corrected chi connectivity index (χ3v) is 6.11. The minimum absolute atomic E-state index is 0.0447. The molecule has 2 aromatic rings. The molecule has 2 aliphatic rings. The largest absolute Gasteiger partial charge is 0.462 e. The van der Waals surface area contributed by atoms with E-state index >= 15 is 0 Å². The highest BCUT2D eigenvalue weighted by molar-refractivity contribution is 5.95. The summed E-state index contributed by atoms with van der Waals surface area (Å²) in [5.74, 6) is 4.73. The Morgan fingerprint density at radius 3 is 2.39 bits per heavy atom. The highest BCUT2D eigenvalue weighted by Crippen LogP contribution is 2.19. The van der Waals surface area contributed by atoms with Crippen molar-refractivity contribution in [3.8, 4) is 6.01 Å². The summed E-state index contributed by atoms with van der Waals surface area (Å²) in [5, 5.41) is 0.419. The van der Waals surface area contributed by atoms with E-state index < -0.39 is 11.9 Å². The van der Waals surface area contributed by atoms with E-state index in [1.54, 1.807) is 18.2 Å². The van der Waals surface area contributed by atoms with Gasteiger partial charge in [-0.25, -0.2) is 10.6 Å². The van der Waals surface area contributed by atoms with Gasteiger partial charge in [-0.3, -0.25) is 9.69 Å². The van der Waals surface area contributed by atoms with E-state index in [9.17, 15) is 9.59 Å². The van der Waals surface area contributed by atoms with Crippen LogP contribution in [0.2, 0.25) is 0 Å². The minimum Gasteiger partial charge on any atom is -0.462 e. The summed E-state index contributed by atoms with van der Waals surface area (Å²) in [7, 11) is 0. The number of anilines is 1. The van der Waals surface area contributed by atoms with Gasteiger partial charge in [0.05, 0.1) is 26.4 Å². The molecule has 12 nitrogen and oxygen atoms in total. The van der Waals surface area contributed by atoms with Crippen LogP contribution < -0.4 is 15.5 Å². The Morgan fingerprint density at radius 1 is 1.00 bits per heavy atom. The highest BCUT2D eigenvalue weighted by Gasteiger charge is 2.23. The molecule has 1 aromatic carbocycles. The molecule has 2 saturated heterocycles. The van der Waals surface area contributed by atoms with Crippen molar-refractivity contribution in [3.63, 3.8) is 0 Å². The molecule has 1 amide bonds. The molecule has 36 heavy (non-hydrogen) atoms. The van der Waals surface area contributed by atoms with Crippen molar-refractivity contribution in [2.75, 3.05) is 70.7 Å². The average Bonchev–Trinajstić information content (AvgIpc) is 2.90. The van der Waals surface area contributed by atoms with Gasteiger partial charge in [0.15, 0.2) is 5.69 Å². The number of nitrogens with zero attached hydrogens (tertiary/aromatic N) is 5. The smallest absolute Gasteiger partial charge is 0.383 e. The Balaban J connectivity index is 1.46. The van der Waals surface area contributed by atoms with Gasteiger partial charge in [-0.2, -0.15) is 9.97 Å². The molecular weight excluding hydrogens is 468 g/mol. The van der Waals surface area contributed by atoms with Gasteiger partial charge in [0.2, 0.25) is 0 Å². The highest BCUT2D eigenvalue weighted by atomic mass is 16.7. The maximum Gasteiger partial charge on any atom is 0.383 e. The number of morpholine rings is 2. The molecule has 2 fully saturated rings. The summed E-state index contributed by atoms with van der Waals surface area (Å²) in [6.45, 7) is 10.2. The number of amides is 1. The molecule has 0 radical (unpaired) electrons. The van der Waals surface area contributed by atoms with Gasteiger partial charge in [0.25, 0.3) is 0 Å². The molecular formula is C24H32N6O6. The molecule has 2 aliphatic heterocycles. The monoisotopic (exact) mass is 500 g/mol. The van der Waals surface area contributed by atoms with Gasteiger partial charge in [0.1, 0.15) is 12.4 Å². The number of benzene rings is 1. The second-order valence-electron chi connectivity index (χ2n) is 8.60. The number of aromatic nitrogens is 2. The molecule has 194 valence electrons. The lowest BCUT2D eigenvalue weighted by atomic mass is 10.1. The van der Waals surface area contributed by atoms with Crippen molar-refractivity contribution in [1.29, 1.82) is 0 Å². The number of hydrazine groups is 1. The van der Waals surface area contributed by atoms with Crippen molar-refractivity contribution in [1.82, 2.24) is 20.0 Å². The van der Waals surface area contributed by atoms with E-state index in [2.05, 4.69) is 14.9 Å². The predicted octanol–water partition coefficient (Wildman–Crippen LogP) is 0.729. The van der Waals surface area contributed by atoms with Crippen molar-refractivity contribution in [3.05, 3.63) is 46.6 Å². The van der Waals surface area contributed by atoms with Crippen molar-refractivity contribution >= 4 is 17.7 Å². The minimum atomic E-state index is -0.898. The SMILES string of the molecule is Cc1ccc(C(=O)N(N)OC(=O)c2cc(N3CCOCC3)nc(OCCN3CCOCC3)n2)cc1C. The summed E-state index contributed by atoms with van der Waals surface area (Å²) in [5.41, 5.74) is 2.18. The van der Waals surface area contributed by atoms with Crippen LogP contribution in [0.15, 0.2) is 24.3 Å². The zero-order valence-electron chi connectivity index (χ0n) is 20.6. The molecule has 0 unspecified atom stereocenters. The van der Waals surface area contributed by atoms with Crippen molar-refractivity contribution in [2.24, 2.45) is 5.84 Å². The predicted molar refractivity (Wildman–Crippen MR) is 130 cm³/mol. The summed E-state index contributed by atoms with van der Waals surface area (Å²) in [4.78, 5) is 43.6. The van der Waals surface area contributed by atoms with Crippen LogP contribution >= 0.6 is 0 Å². The summed E-state index contributed by atoms with van der Waals surface area (Å²) in [6, 6.07) is 6.66. The fraction of sp³-hybridized carbons (Fsp3) is 0.500. The van der Waals surface area contributed by atoms with E-state index in [0.717, 1.165) is 24.2 Å². The number of carbonyl (C=O) groups excluding carboxylic acids is 2. The first kappa shape index (κ1) is 25.8. The zero-order valence-corrected chi connectivity index (χ0v) is 20.6. The Hall–Kier alpha value is -3.32. The normalized spacial score (nSPS) is 16.5. The lowest BCUT2D eigenvalue weighted by Crippen LogP contribution is -2.40. The summed E-state index contributed by atoms with van der Waals surface area (Å²) in [6.07, 6.45) is 0. The van der Waals surface area contributed by atoms with Gasteiger partial charge in [-0.05, 0) is 37.1 Å². The topological polar surface area (TPSA) is 133 Å². The molecule has 3 heterocycles. The lowest BCUT2D eigenvalue weighted by molar-refractivity contribution is -0.0833. The van der Waals surface area contributed by atoms with Crippen LogP contribution in [-0.4, -0.2) is 97.7 Å². The van der Waals surface area contributed by atoms with E-state index in [1.807, 2.05) is 18.7 Å². The van der Waals surface area contributed by atoms with Crippen molar-refractivity contribution < 1.29 is 28.6 Å². The number of aryl methyl sites for hydroxylation is 2. The van der Waals surface area contributed by atoms with Gasteiger partial charge in [-0.1, -0.05) is 11.2 Å². The molecule has 4 rings (SSSR count). The zero-order chi connectivity index (χ0) is 25.5. The molecule has 2 N–H and O–H groups in total. The van der Waals surface area contributed by atoms with Gasteiger partial charge >= 0.3 is 17.9 Å². The molecule has 0 atom stereocenters. The number of rotatable bonds is 7. The van der Waals surface area contributed by atoms with Crippen LogP contribution in [0, 0.1) is 13.8 Å². The second-order valence-corrected chi connectivity index (χ2v) is 8.60. The van der Waals surface area contributed by atoms with Crippen LogP contribution in [0.3, 0.4) is 0 Å². The maximum atomic E-state index is 12.9. The van der Waals surface area contributed by atoms with E-state index in [4.69, 9.17) is 24.9 Å². The third kappa shape index (κ3) is 6.66. The van der Waals surface area contributed by atoms with Crippen LogP contribution in [0.4, 0.5) is 5.82 Å². The molecule has 1 aromatic heterocycles. The first-order valence-corrected chi connectivity index (χ1v) is 11.9. The van der Waals surface area contributed by atoms with Crippen LogP contribution in [-0.2, 0) is 14.3 Å². The fourth-order valence-electron chi connectivity index (χ4n) is 3.81. The van der Waals surface area contributed by atoms with E-state index in [0.29, 0.717) is 69.2 Å². The van der Waals surface area contributed by atoms with Crippen LogP contribution in [0.1, 0.15) is 32.0 Å². The van der Waals surface area contributed by atoms with Crippen LogP contribution in [0.25, 0.3) is 0 Å². The van der Waals surface area contributed by atoms with Crippen LogP contribution in [0.5, 0.6) is 6.01 Å². The molecule has 0 saturated carbocycles. The number of hydrogen-bond donors (Lipinski definition) is 1. The van der Waals surface area contributed by atoms with E-state index in [-0.39, 0.29) is 11.7 Å². The first-order valence-electron chi connectivity index (χ1n) is 11.9. The number of hydroxylamine groups is 1. The molecule has 0 bridgehead atoms.